The summed E-state index contributed by atoms with van der Waals surface area (Å²) in [5.74, 6) is 1.41. The van der Waals surface area contributed by atoms with Gasteiger partial charge in [-0.3, -0.25) is 0 Å². The molecule has 4 aromatic rings. The van der Waals surface area contributed by atoms with Crippen molar-refractivity contribution in [2.45, 2.75) is 26.2 Å². The predicted molar refractivity (Wildman–Crippen MR) is 153 cm³/mol. The third-order valence-corrected chi connectivity index (χ3v) is 5.82. The zero-order valence-corrected chi connectivity index (χ0v) is 22.6. The fourth-order valence-corrected chi connectivity index (χ4v) is 3.59. The van der Waals surface area contributed by atoms with Crippen molar-refractivity contribution in [1.29, 1.82) is 0 Å². The van der Waals surface area contributed by atoms with E-state index in [1.54, 1.807) is 0 Å². The number of hydrogen-bond donors (Lipinski definition) is 2. The Kier molecular flexibility index (Phi) is 7.47. The standard InChI is InChI=1S/C29H35N7O/c1-29(2,3)20-8-18-25(19-9-20)37-28-33-26(30-21-10-14-23(15-11-21)35(4)5)32-27(34-28)31-22-12-16-24(17-13-22)36(6)7/h8-19H,1-7H3,(H2,30,31,32,33,34). The second-order valence-electron chi connectivity index (χ2n) is 10.3. The molecule has 192 valence electrons. The highest BCUT2D eigenvalue weighted by atomic mass is 16.5. The molecule has 0 spiro atoms. The summed E-state index contributed by atoms with van der Waals surface area (Å²) in [5, 5.41) is 6.54. The normalized spacial score (nSPS) is 11.1. The van der Waals surface area contributed by atoms with Gasteiger partial charge in [0.2, 0.25) is 11.9 Å². The fraction of sp³-hybridized carbons (Fsp3) is 0.276. The maximum absolute atomic E-state index is 6.05. The van der Waals surface area contributed by atoms with E-state index in [9.17, 15) is 0 Å². The molecule has 2 N–H and O–H groups in total. The molecule has 0 radical (unpaired) electrons. The summed E-state index contributed by atoms with van der Waals surface area (Å²) < 4.78 is 6.05. The molecule has 0 fully saturated rings. The van der Waals surface area contributed by atoms with Crippen LogP contribution in [0.1, 0.15) is 26.3 Å². The monoisotopic (exact) mass is 497 g/mol. The molecule has 37 heavy (non-hydrogen) atoms. The summed E-state index contributed by atoms with van der Waals surface area (Å²) >= 11 is 0. The second kappa shape index (κ2) is 10.7. The number of rotatable bonds is 8. The van der Waals surface area contributed by atoms with Crippen molar-refractivity contribution in [3.05, 3.63) is 78.4 Å². The summed E-state index contributed by atoms with van der Waals surface area (Å²) in [7, 11) is 8.04. The Morgan fingerprint density at radius 1 is 0.595 bits per heavy atom. The Morgan fingerprint density at radius 3 is 1.41 bits per heavy atom. The smallest absolute Gasteiger partial charge is 0.328 e. The van der Waals surface area contributed by atoms with Crippen molar-refractivity contribution >= 4 is 34.6 Å². The molecule has 1 heterocycles. The van der Waals surface area contributed by atoms with Gasteiger partial charge in [-0.2, -0.15) is 15.0 Å². The van der Waals surface area contributed by atoms with Crippen LogP contribution in [0.15, 0.2) is 72.8 Å². The number of nitrogens with one attached hydrogen (secondary N) is 2. The van der Waals surface area contributed by atoms with E-state index in [1.807, 2.05) is 98.7 Å². The molecule has 0 aliphatic heterocycles. The molecule has 4 rings (SSSR count). The topological polar surface area (TPSA) is 78.4 Å². The van der Waals surface area contributed by atoms with Crippen LogP contribution in [0.3, 0.4) is 0 Å². The third-order valence-electron chi connectivity index (χ3n) is 5.82. The molecule has 0 amide bonds. The van der Waals surface area contributed by atoms with Gasteiger partial charge in [0, 0.05) is 50.9 Å². The fourth-order valence-electron chi connectivity index (χ4n) is 3.59. The van der Waals surface area contributed by atoms with Crippen LogP contribution in [0.25, 0.3) is 0 Å². The first-order chi connectivity index (χ1) is 17.6. The van der Waals surface area contributed by atoms with Crippen molar-refractivity contribution < 1.29 is 4.74 Å². The lowest BCUT2D eigenvalue weighted by Gasteiger charge is -2.19. The molecule has 0 aliphatic carbocycles. The molecule has 0 unspecified atom stereocenters. The second-order valence-corrected chi connectivity index (χ2v) is 10.3. The summed E-state index contributed by atoms with van der Waals surface area (Å²) in [6, 6.07) is 24.2. The van der Waals surface area contributed by atoms with E-state index in [1.165, 1.54) is 5.56 Å². The zero-order valence-electron chi connectivity index (χ0n) is 22.6. The highest BCUT2D eigenvalue weighted by Crippen LogP contribution is 2.28. The van der Waals surface area contributed by atoms with Gasteiger partial charge in [-0.25, -0.2) is 0 Å². The molecule has 0 saturated heterocycles. The van der Waals surface area contributed by atoms with Crippen molar-refractivity contribution in [2.75, 3.05) is 48.6 Å². The number of hydrogen-bond acceptors (Lipinski definition) is 8. The van der Waals surface area contributed by atoms with Crippen LogP contribution in [0.5, 0.6) is 11.8 Å². The maximum atomic E-state index is 6.05. The summed E-state index contributed by atoms with van der Waals surface area (Å²) in [4.78, 5) is 17.7. The van der Waals surface area contributed by atoms with E-state index >= 15 is 0 Å². The first kappa shape index (κ1) is 25.8. The molecule has 0 aliphatic rings. The number of aromatic nitrogens is 3. The Bertz CT molecular complexity index is 1240. The van der Waals surface area contributed by atoms with Gasteiger partial charge in [0.05, 0.1) is 0 Å². The van der Waals surface area contributed by atoms with Crippen molar-refractivity contribution in [1.82, 2.24) is 15.0 Å². The highest BCUT2D eigenvalue weighted by Gasteiger charge is 2.14. The summed E-state index contributed by atoms with van der Waals surface area (Å²) in [6.07, 6.45) is 0. The Hall–Kier alpha value is -4.33. The van der Waals surface area contributed by atoms with Gasteiger partial charge in [0.1, 0.15) is 5.75 Å². The van der Waals surface area contributed by atoms with Crippen LogP contribution < -0.4 is 25.2 Å². The molecule has 1 aromatic heterocycles. The van der Waals surface area contributed by atoms with E-state index < -0.39 is 0 Å². The molecule has 8 heteroatoms. The Morgan fingerprint density at radius 2 is 1.03 bits per heavy atom. The van der Waals surface area contributed by atoms with Crippen molar-refractivity contribution in [3.8, 4) is 11.8 Å². The van der Waals surface area contributed by atoms with Crippen molar-refractivity contribution in [3.63, 3.8) is 0 Å². The average molecular weight is 498 g/mol. The molecule has 3 aromatic carbocycles. The van der Waals surface area contributed by atoms with E-state index in [4.69, 9.17) is 4.74 Å². The predicted octanol–water partition coefficient (Wildman–Crippen LogP) is 6.58. The van der Waals surface area contributed by atoms with Crippen LogP contribution in [0.2, 0.25) is 0 Å². The first-order valence-corrected chi connectivity index (χ1v) is 12.2. The van der Waals surface area contributed by atoms with Crippen LogP contribution in [-0.2, 0) is 5.41 Å². The molecule has 8 nitrogen and oxygen atoms in total. The average Bonchev–Trinajstić information content (AvgIpc) is 2.84. The van der Waals surface area contributed by atoms with Crippen LogP contribution in [0.4, 0.5) is 34.6 Å². The van der Waals surface area contributed by atoms with Crippen LogP contribution in [0, 0.1) is 0 Å². The third kappa shape index (κ3) is 6.88. The number of ether oxygens (including phenoxy) is 1. The summed E-state index contributed by atoms with van der Waals surface area (Å²) in [5.41, 5.74) is 5.21. The quantitative estimate of drug-likeness (QED) is 0.283. The van der Waals surface area contributed by atoms with E-state index in [0.29, 0.717) is 17.6 Å². The number of nitrogens with zero attached hydrogens (tertiary/aromatic N) is 5. The van der Waals surface area contributed by atoms with E-state index in [-0.39, 0.29) is 11.4 Å². The molecular weight excluding hydrogens is 462 g/mol. The van der Waals surface area contributed by atoms with Crippen LogP contribution >= 0.6 is 0 Å². The van der Waals surface area contributed by atoms with Gasteiger partial charge < -0.3 is 25.2 Å². The molecule has 0 saturated carbocycles. The van der Waals surface area contributed by atoms with Crippen molar-refractivity contribution in [2.24, 2.45) is 0 Å². The van der Waals surface area contributed by atoms with Gasteiger partial charge in [-0.1, -0.05) is 32.9 Å². The van der Waals surface area contributed by atoms with Gasteiger partial charge >= 0.3 is 6.01 Å². The molecule has 0 bridgehead atoms. The first-order valence-electron chi connectivity index (χ1n) is 12.2. The van der Waals surface area contributed by atoms with Crippen LogP contribution in [-0.4, -0.2) is 43.1 Å². The Balaban J connectivity index is 1.61. The SMILES string of the molecule is CN(C)c1ccc(Nc2nc(Nc3ccc(N(C)C)cc3)nc(Oc3ccc(C(C)(C)C)cc3)n2)cc1. The van der Waals surface area contributed by atoms with Gasteiger partial charge in [-0.05, 0) is 71.6 Å². The maximum Gasteiger partial charge on any atom is 0.328 e. The summed E-state index contributed by atoms with van der Waals surface area (Å²) in [6.45, 7) is 6.54. The van der Waals surface area contributed by atoms with Gasteiger partial charge in [0.25, 0.3) is 0 Å². The Labute approximate surface area is 219 Å². The van der Waals surface area contributed by atoms with Gasteiger partial charge in [0.15, 0.2) is 0 Å². The number of benzene rings is 3. The lowest BCUT2D eigenvalue weighted by Crippen LogP contribution is -2.10. The van der Waals surface area contributed by atoms with Gasteiger partial charge in [-0.15, -0.1) is 0 Å². The van der Waals surface area contributed by atoms with E-state index in [2.05, 4.69) is 58.5 Å². The lowest BCUT2D eigenvalue weighted by atomic mass is 9.87. The van der Waals surface area contributed by atoms with E-state index in [0.717, 1.165) is 22.7 Å². The largest absolute Gasteiger partial charge is 0.424 e. The molecule has 0 atom stereocenters. The minimum Gasteiger partial charge on any atom is -0.424 e. The highest BCUT2D eigenvalue weighted by molar-refractivity contribution is 5.62. The zero-order chi connectivity index (χ0) is 26.6. The lowest BCUT2D eigenvalue weighted by molar-refractivity contribution is 0.441. The minimum absolute atomic E-state index is 0.0597. The molecular formula is C29H35N7O. The number of anilines is 6. The minimum atomic E-state index is 0.0597.